The molecule has 1 aliphatic carbocycles. The smallest absolute Gasteiger partial charge is 0.323 e. The minimum Gasteiger partial charge on any atom is -0.323 e. The number of carbonyl (C=O) groups excluding carboxylic acids is 2. The van der Waals surface area contributed by atoms with Gasteiger partial charge in [-0.25, -0.2) is 4.79 Å². The van der Waals surface area contributed by atoms with Gasteiger partial charge in [-0.1, -0.05) is 6.42 Å². The van der Waals surface area contributed by atoms with Gasteiger partial charge in [0, 0.05) is 19.0 Å². The molecule has 0 radical (unpaired) electrons. The normalized spacial score (nSPS) is 36.3. The zero-order valence-electron chi connectivity index (χ0n) is 11.6. The highest BCUT2D eigenvalue weighted by Gasteiger charge is 2.52. The van der Waals surface area contributed by atoms with E-state index in [2.05, 4.69) is 10.6 Å². The minimum absolute atomic E-state index is 0.0156. The van der Waals surface area contributed by atoms with E-state index in [1.54, 1.807) is 0 Å². The van der Waals surface area contributed by atoms with Crippen LogP contribution in [-0.4, -0.2) is 42.0 Å². The summed E-state index contributed by atoms with van der Waals surface area (Å²) in [6, 6.07) is -0.190. The van der Waals surface area contributed by atoms with Gasteiger partial charge in [-0.05, 0) is 45.1 Å². The zero-order chi connectivity index (χ0) is 13.5. The average molecular weight is 265 g/mol. The second kappa shape index (κ2) is 4.78. The summed E-state index contributed by atoms with van der Waals surface area (Å²) in [6.45, 7) is 4.34. The van der Waals surface area contributed by atoms with Crippen LogP contribution in [0.3, 0.4) is 0 Å². The number of nitrogens with zero attached hydrogens (tertiary/aromatic N) is 1. The predicted octanol–water partition coefficient (Wildman–Crippen LogP) is 1.10. The van der Waals surface area contributed by atoms with Crippen molar-refractivity contribution in [2.24, 2.45) is 11.8 Å². The molecule has 0 aromatic rings. The van der Waals surface area contributed by atoms with Gasteiger partial charge in [0.05, 0.1) is 0 Å². The molecule has 19 heavy (non-hydrogen) atoms. The maximum Gasteiger partial charge on any atom is 0.325 e. The fourth-order valence-electron chi connectivity index (χ4n) is 3.44. The van der Waals surface area contributed by atoms with Crippen LogP contribution >= 0.6 is 0 Å². The third kappa shape index (κ3) is 2.14. The molecule has 2 aliphatic heterocycles. The molecule has 0 aromatic heterocycles. The van der Waals surface area contributed by atoms with Crippen molar-refractivity contribution in [2.75, 3.05) is 19.6 Å². The first-order chi connectivity index (χ1) is 9.11. The SMILES string of the molecule is CC1(C2CCCNC2)NC(=O)N(CC2CCC2)C1=O. The van der Waals surface area contributed by atoms with Gasteiger partial charge in [0.25, 0.3) is 5.91 Å². The Labute approximate surface area is 114 Å². The Hall–Kier alpha value is -1.10. The van der Waals surface area contributed by atoms with Crippen molar-refractivity contribution in [3.63, 3.8) is 0 Å². The fourth-order valence-corrected chi connectivity index (χ4v) is 3.44. The summed E-state index contributed by atoms with van der Waals surface area (Å²) >= 11 is 0. The van der Waals surface area contributed by atoms with Crippen molar-refractivity contribution >= 4 is 11.9 Å². The summed E-state index contributed by atoms with van der Waals surface area (Å²) in [5.41, 5.74) is -0.700. The highest BCUT2D eigenvalue weighted by atomic mass is 16.2. The van der Waals surface area contributed by atoms with Gasteiger partial charge in [0.2, 0.25) is 0 Å². The van der Waals surface area contributed by atoms with Crippen molar-refractivity contribution in [1.82, 2.24) is 15.5 Å². The van der Waals surface area contributed by atoms with Gasteiger partial charge in [-0.3, -0.25) is 9.69 Å². The molecule has 0 aromatic carbocycles. The van der Waals surface area contributed by atoms with Gasteiger partial charge >= 0.3 is 6.03 Å². The third-order valence-electron chi connectivity index (χ3n) is 5.08. The lowest BCUT2D eigenvalue weighted by Gasteiger charge is -2.35. The molecule has 2 atom stereocenters. The molecular formula is C14H23N3O2. The van der Waals surface area contributed by atoms with Crippen LogP contribution in [0.4, 0.5) is 4.79 Å². The Kier molecular flexibility index (Phi) is 3.25. The number of hydrogen-bond acceptors (Lipinski definition) is 3. The highest BCUT2D eigenvalue weighted by Crippen LogP contribution is 2.33. The molecule has 3 rings (SSSR count). The van der Waals surface area contributed by atoms with Crippen molar-refractivity contribution in [1.29, 1.82) is 0 Å². The van der Waals surface area contributed by atoms with Crippen LogP contribution in [0.1, 0.15) is 39.0 Å². The summed E-state index contributed by atoms with van der Waals surface area (Å²) in [6.07, 6.45) is 5.62. The minimum atomic E-state index is -0.700. The fraction of sp³-hybridized carbons (Fsp3) is 0.857. The topological polar surface area (TPSA) is 61.4 Å². The molecule has 0 spiro atoms. The highest BCUT2D eigenvalue weighted by molar-refractivity contribution is 6.07. The molecule has 2 saturated heterocycles. The number of urea groups is 1. The van der Waals surface area contributed by atoms with E-state index in [-0.39, 0.29) is 17.9 Å². The molecule has 3 fully saturated rings. The van der Waals surface area contributed by atoms with Gasteiger partial charge < -0.3 is 10.6 Å². The van der Waals surface area contributed by atoms with Crippen molar-refractivity contribution in [3.8, 4) is 0 Å². The van der Waals surface area contributed by atoms with E-state index in [0.29, 0.717) is 12.5 Å². The van der Waals surface area contributed by atoms with Crippen molar-refractivity contribution < 1.29 is 9.59 Å². The Bertz CT molecular complexity index is 388. The van der Waals surface area contributed by atoms with Crippen LogP contribution in [0.5, 0.6) is 0 Å². The number of imide groups is 1. The number of piperidine rings is 1. The zero-order valence-corrected chi connectivity index (χ0v) is 11.6. The number of rotatable bonds is 3. The number of nitrogens with one attached hydrogen (secondary N) is 2. The summed E-state index contributed by atoms with van der Waals surface area (Å²) in [5.74, 6) is 0.726. The first-order valence-electron chi connectivity index (χ1n) is 7.46. The second-order valence-corrected chi connectivity index (χ2v) is 6.39. The Morgan fingerprint density at radius 3 is 2.63 bits per heavy atom. The van der Waals surface area contributed by atoms with Crippen LogP contribution in [-0.2, 0) is 4.79 Å². The molecule has 3 aliphatic rings. The van der Waals surface area contributed by atoms with Gasteiger partial charge in [0.15, 0.2) is 0 Å². The molecule has 5 heteroatoms. The van der Waals surface area contributed by atoms with E-state index in [0.717, 1.165) is 38.8 Å². The van der Waals surface area contributed by atoms with Crippen LogP contribution in [0.25, 0.3) is 0 Å². The summed E-state index contributed by atoms with van der Waals surface area (Å²) < 4.78 is 0. The summed E-state index contributed by atoms with van der Waals surface area (Å²) in [4.78, 5) is 26.2. The molecule has 1 saturated carbocycles. The third-order valence-corrected chi connectivity index (χ3v) is 5.08. The van der Waals surface area contributed by atoms with Gasteiger partial charge in [0.1, 0.15) is 5.54 Å². The van der Waals surface area contributed by atoms with Crippen LogP contribution in [0.15, 0.2) is 0 Å². The van der Waals surface area contributed by atoms with Crippen LogP contribution < -0.4 is 10.6 Å². The number of amides is 3. The van der Waals surface area contributed by atoms with E-state index >= 15 is 0 Å². The Morgan fingerprint density at radius 1 is 1.26 bits per heavy atom. The molecular weight excluding hydrogens is 242 g/mol. The first-order valence-corrected chi connectivity index (χ1v) is 7.46. The van der Waals surface area contributed by atoms with E-state index in [1.165, 1.54) is 11.3 Å². The van der Waals surface area contributed by atoms with E-state index < -0.39 is 5.54 Å². The molecule has 5 nitrogen and oxygen atoms in total. The van der Waals surface area contributed by atoms with Gasteiger partial charge in [-0.2, -0.15) is 0 Å². The Morgan fingerprint density at radius 2 is 2.05 bits per heavy atom. The standard InChI is InChI=1S/C14H23N3O2/c1-14(11-6-3-7-15-8-11)12(18)17(13(19)16-14)9-10-4-2-5-10/h10-11,15H,2-9H2,1H3,(H,16,19). The first kappa shape index (κ1) is 12.9. The summed E-state index contributed by atoms with van der Waals surface area (Å²) in [7, 11) is 0. The Balaban J connectivity index is 1.72. The molecule has 106 valence electrons. The van der Waals surface area contributed by atoms with E-state index in [1.807, 2.05) is 6.92 Å². The van der Waals surface area contributed by atoms with Crippen LogP contribution in [0.2, 0.25) is 0 Å². The number of carbonyl (C=O) groups is 2. The lowest BCUT2D eigenvalue weighted by Crippen LogP contribution is -2.55. The molecule has 3 amide bonds. The maximum absolute atomic E-state index is 12.6. The van der Waals surface area contributed by atoms with Crippen LogP contribution in [0, 0.1) is 11.8 Å². The molecule has 2 heterocycles. The lowest BCUT2D eigenvalue weighted by molar-refractivity contribution is -0.133. The van der Waals surface area contributed by atoms with Gasteiger partial charge in [-0.15, -0.1) is 0 Å². The van der Waals surface area contributed by atoms with Crippen molar-refractivity contribution in [2.45, 2.75) is 44.6 Å². The van der Waals surface area contributed by atoms with Crippen molar-refractivity contribution in [3.05, 3.63) is 0 Å². The average Bonchev–Trinajstić information content (AvgIpc) is 2.58. The maximum atomic E-state index is 12.6. The second-order valence-electron chi connectivity index (χ2n) is 6.39. The molecule has 0 bridgehead atoms. The molecule has 2 unspecified atom stereocenters. The predicted molar refractivity (Wildman–Crippen MR) is 71.6 cm³/mol. The lowest BCUT2D eigenvalue weighted by atomic mass is 9.80. The van der Waals surface area contributed by atoms with E-state index in [4.69, 9.17) is 0 Å². The quantitative estimate of drug-likeness (QED) is 0.751. The largest absolute Gasteiger partial charge is 0.325 e. The monoisotopic (exact) mass is 265 g/mol. The number of hydrogen-bond donors (Lipinski definition) is 2. The summed E-state index contributed by atoms with van der Waals surface area (Å²) in [5, 5.41) is 6.28. The molecule has 2 N–H and O–H groups in total. The van der Waals surface area contributed by atoms with E-state index in [9.17, 15) is 9.59 Å².